The lowest BCUT2D eigenvalue weighted by Gasteiger charge is -2.36. The first-order valence-electron chi connectivity index (χ1n) is 7.38. The minimum atomic E-state index is 0.488. The topological polar surface area (TPSA) is 12.4 Å². The molecule has 17 heavy (non-hydrogen) atoms. The van der Waals surface area contributed by atoms with E-state index in [2.05, 4.69) is 17.1 Å². The molecule has 2 heteroatoms. The number of hydrogen-bond acceptors (Lipinski definition) is 2. The van der Waals surface area contributed by atoms with Gasteiger partial charge in [0.25, 0.3) is 0 Å². The summed E-state index contributed by atoms with van der Waals surface area (Å²) in [5.41, 5.74) is 0. The number of thiocarbonyl (C=S) groups is 1. The molecule has 0 aromatic rings. The molecule has 0 bridgehead atoms. The van der Waals surface area contributed by atoms with Gasteiger partial charge in [-0.05, 0) is 55.7 Å². The Labute approximate surface area is 111 Å². The van der Waals surface area contributed by atoms with Crippen LogP contribution in [0.2, 0.25) is 0 Å². The number of hydrogen-bond donors (Lipinski definition) is 0. The first kappa shape index (κ1) is 13.2. The summed E-state index contributed by atoms with van der Waals surface area (Å²) in [7, 11) is 0. The Kier molecular flexibility index (Phi) is 5.18. The van der Waals surface area contributed by atoms with Crippen molar-refractivity contribution in [2.24, 2.45) is 22.7 Å². The van der Waals surface area contributed by atoms with Gasteiger partial charge >= 0.3 is 0 Å². The predicted molar refractivity (Wildman–Crippen MR) is 76.5 cm³/mol. The smallest absolute Gasteiger partial charge is 0.0603 e. The summed E-state index contributed by atoms with van der Waals surface area (Å²) >= 11 is 4.70. The van der Waals surface area contributed by atoms with Gasteiger partial charge in [0.15, 0.2) is 0 Å². The fraction of sp³-hybridized carbons (Fsp3) is 0.933. The van der Waals surface area contributed by atoms with Crippen LogP contribution in [0.3, 0.4) is 0 Å². The number of rotatable bonds is 3. The third-order valence-electron chi connectivity index (χ3n) is 5.11. The van der Waals surface area contributed by atoms with Crippen molar-refractivity contribution in [1.82, 2.24) is 0 Å². The van der Waals surface area contributed by atoms with Crippen LogP contribution in [-0.2, 0) is 0 Å². The molecule has 0 aliphatic heterocycles. The van der Waals surface area contributed by atoms with Crippen molar-refractivity contribution in [2.45, 2.75) is 70.8 Å². The Balaban J connectivity index is 1.80. The molecule has 0 heterocycles. The van der Waals surface area contributed by atoms with Crippen LogP contribution >= 0.6 is 12.2 Å². The Morgan fingerprint density at radius 2 is 1.53 bits per heavy atom. The lowest BCUT2D eigenvalue weighted by atomic mass is 9.70. The molecular weight excluding hydrogens is 226 g/mol. The molecule has 2 aliphatic rings. The highest BCUT2D eigenvalue weighted by atomic mass is 32.1. The van der Waals surface area contributed by atoms with Crippen molar-refractivity contribution < 1.29 is 0 Å². The number of nitrogens with zero attached hydrogens (tertiary/aromatic N) is 1. The molecule has 2 fully saturated rings. The quantitative estimate of drug-likeness (QED) is 0.515. The van der Waals surface area contributed by atoms with E-state index in [0.29, 0.717) is 6.04 Å². The van der Waals surface area contributed by atoms with E-state index < -0.39 is 0 Å². The molecular formula is C15H25NS. The second-order valence-corrected chi connectivity index (χ2v) is 6.23. The second kappa shape index (κ2) is 6.66. The molecule has 2 rings (SSSR count). The van der Waals surface area contributed by atoms with Gasteiger partial charge in [0, 0.05) is 0 Å². The molecule has 0 aromatic heterocycles. The van der Waals surface area contributed by atoms with E-state index in [0.717, 1.165) is 17.8 Å². The van der Waals surface area contributed by atoms with E-state index in [1.54, 1.807) is 0 Å². The van der Waals surface area contributed by atoms with Crippen LogP contribution in [0.15, 0.2) is 4.99 Å². The van der Waals surface area contributed by atoms with Crippen LogP contribution in [-0.4, -0.2) is 11.2 Å². The largest absolute Gasteiger partial charge is 0.229 e. The molecule has 2 saturated carbocycles. The zero-order chi connectivity index (χ0) is 12.1. The summed E-state index contributed by atoms with van der Waals surface area (Å²) in [5, 5.41) is 2.55. The highest BCUT2D eigenvalue weighted by molar-refractivity contribution is 7.78. The van der Waals surface area contributed by atoms with E-state index in [4.69, 9.17) is 12.2 Å². The van der Waals surface area contributed by atoms with Gasteiger partial charge in [-0.1, -0.05) is 39.0 Å². The van der Waals surface area contributed by atoms with Gasteiger partial charge in [-0.15, -0.1) is 0 Å². The molecule has 96 valence electrons. The van der Waals surface area contributed by atoms with Crippen molar-refractivity contribution in [2.75, 3.05) is 0 Å². The zero-order valence-electron chi connectivity index (χ0n) is 11.0. The average Bonchev–Trinajstić information content (AvgIpc) is 2.40. The van der Waals surface area contributed by atoms with Crippen LogP contribution in [0.4, 0.5) is 0 Å². The SMILES string of the molecule is CC(C1CCCCC1)C1CCC(N=C=S)CC1. The standard InChI is InChI=1S/C15H25NS/c1-12(13-5-3-2-4-6-13)14-7-9-15(10-8-14)16-11-17/h12-15H,2-10H2,1H3. The Bertz CT molecular complexity index is 269. The maximum Gasteiger partial charge on any atom is 0.0603 e. The van der Waals surface area contributed by atoms with Gasteiger partial charge in [-0.2, -0.15) is 0 Å². The van der Waals surface area contributed by atoms with Crippen molar-refractivity contribution in [1.29, 1.82) is 0 Å². The van der Waals surface area contributed by atoms with Crippen LogP contribution < -0.4 is 0 Å². The maximum atomic E-state index is 4.70. The third kappa shape index (κ3) is 3.63. The minimum absolute atomic E-state index is 0.488. The lowest BCUT2D eigenvalue weighted by Crippen LogP contribution is -2.27. The van der Waals surface area contributed by atoms with Gasteiger partial charge in [0.05, 0.1) is 11.2 Å². The highest BCUT2D eigenvalue weighted by Gasteiger charge is 2.30. The van der Waals surface area contributed by atoms with Crippen molar-refractivity contribution in [3.63, 3.8) is 0 Å². The van der Waals surface area contributed by atoms with Crippen LogP contribution in [0.25, 0.3) is 0 Å². The Hall–Kier alpha value is -0.200. The normalized spacial score (nSPS) is 32.8. The van der Waals surface area contributed by atoms with E-state index in [1.165, 1.54) is 57.8 Å². The summed E-state index contributed by atoms with van der Waals surface area (Å²) in [5.74, 6) is 2.90. The number of isothiocyanates is 1. The van der Waals surface area contributed by atoms with Gasteiger partial charge in [0.1, 0.15) is 0 Å². The second-order valence-electron chi connectivity index (χ2n) is 6.05. The van der Waals surface area contributed by atoms with Gasteiger partial charge in [0.2, 0.25) is 0 Å². The summed E-state index contributed by atoms with van der Waals surface area (Å²) in [6, 6.07) is 0.488. The Morgan fingerprint density at radius 1 is 0.941 bits per heavy atom. The molecule has 1 atom stereocenters. The lowest BCUT2D eigenvalue weighted by molar-refractivity contribution is 0.153. The van der Waals surface area contributed by atoms with Crippen LogP contribution in [0, 0.1) is 17.8 Å². The summed E-state index contributed by atoms with van der Waals surface area (Å²) in [6.07, 6.45) is 12.6. The van der Waals surface area contributed by atoms with E-state index in [9.17, 15) is 0 Å². The highest BCUT2D eigenvalue weighted by Crippen LogP contribution is 2.39. The molecule has 1 unspecified atom stereocenters. The molecule has 0 aromatic carbocycles. The molecule has 0 saturated heterocycles. The van der Waals surface area contributed by atoms with E-state index in [-0.39, 0.29) is 0 Å². The minimum Gasteiger partial charge on any atom is -0.229 e. The maximum absolute atomic E-state index is 4.70. The predicted octanol–water partition coefficient (Wildman–Crippen LogP) is 4.86. The molecule has 1 nitrogen and oxygen atoms in total. The average molecular weight is 251 g/mol. The van der Waals surface area contributed by atoms with Crippen molar-refractivity contribution >= 4 is 17.4 Å². The molecule has 0 spiro atoms. The molecule has 0 N–H and O–H groups in total. The first-order valence-corrected chi connectivity index (χ1v) is 7.79. The van der Waals surface area contributed by atoms with Crippen molar-refractivity contribution in [3.8, 4) is 0 Å². The molecule has 2 aliphatic carbocycles. The first-order chi connectivity index (χ1) is 8.31. The Morgan fingerprint density at radius 3 is 2.12 bits per heavy atom. The van der Waals surface area contributed by atoms with Gasteiger partial charge in [-0.3, -0.25) is 0 Å². The van der Waals surface area contributed by atoms with E-state index >= 15 is 0 Å². The van der Waals surface area contributed by atoms with Crippen LogP contribution in [0.1, 0.15) is 64.7 Å². The van der Waals surface area contributed by atoms with E-state index in [1.807, 2.05) is 0 Å². The summed E-state index contributed by atoms with van der Waals surface area (Å²) in [6.45, 7) is 2.50. The number of aliphatic imine (C=N–C) groups is 1. The molecule has 0 radical (unpaired) electrons. The summed E-state index contributed by atoms with van der Waals surface area (Å²) in [4.78, 5) is 4.25. The van der Waals surface area contributed by atoms with Crippen molar-refractivity contribution in [3.05, 3.63) is 0 Å². The van der Waals surface area contributed by atoms with Crippen LogP contribution in [0.5, 0.6) is 0 Å². The monoisotopic (exact) mass is 251 g/mol. The van der Waals surface area contributed by atoms with Gasteiger partial charge in [-0.25, -0.2) is 4.99 Å². The fourth-order valence-electron chi connectivity index (χ4n) is 3.88. The zero-order valence-corrected chi connectivity index (χ0v) is 11.8. The van der Waals surface area contributed by atoms with Gasteiger partial charge < -0.3 is 0 Å². The third-order valence-corrected chi connectivity index (χ3v) is 5.22. The summed E-state index contributed by atoms with van der Waals surface area (Å²) < 4.78 is 0. The fourth-order valence-corrected chi connectivity index (χ4v) is 4.02. The molecule has 0 amide bonds.